The summed E-state index contributed by atoms with van der Waals surface area (Å²) in [5, 5.41) is 8.02. The zero-order valence-corrected chi connectivity index (χ0v) is 13.2. The first-order valence-corrected chi connectivity index (χ1v) is 8.09. The van der Waals surface area contributed by atoms with E-state index in [9.17, 15) is 4.79 Å². The lowest BCUT2D eigenvalue weighted by Gasteiger charge is -2.32. The number of aromatic nitrogens is 3. The molecule has 2 aromatic rings. The molecule has 1 atom stereocenters. The lowest BCUT2D eigenvalue weighted by atomic mass is 10.0. The molecule has 1 aromatic heterocycles. The minimum absolute atomic E-state index is 0.110. The van der Waals surface area contributed by atoms with Crippen molar-refractivity contribution in [3.8, 4) is 0 Å². The van der Waals surface area contributed by atoms with Crippen LogP contribution in [0.2, 0.25) is 0 Å². The van der Waals surface area contributed by atoms with E-state index in [-0.39, 0.29) is 12.0 Å². The van der Waals surface area contributed by atoms with Crippen LogP contribution >= 0.6 is 0 Å². The van der Waals surface area contributed by atoms with Crippen LogP contribution in [0.3, 0.4) is 0 Å². The summed E-state index contributed by atoms with van der Waals surface area (Å²) in [6.45, 7) is 1.67. The third kappa shape index (κ3) is 2.53. The summed E-state index contributed by atoms with van der Waals surface area (Å²) in [4.78, 5) is 14.9. The molecule has 6 nitrogen and oxygen atoms in total. The van der Waals surface area contributed by atoms with Crippen molar-refractivity contribution >= 4 is 5.91 Å². The molecule has 0 unspecified atom stereocenters. The zero-order valence-electron chi connectivity index (χ0n) is 13.2. The number of fused-ring (bicyclic) bond motifs is 1. The van der Waals surface area contributed by atoms with Gasteiger partial charge >= 0.3 is 0 Å². The van der Waals surface area contributed by atoms with E-state index in [0.29, 0.717) is 19.7 Å². The van der Waals surface area contributed by atoms with Crippen molar-refractivity contribution in [1.29, 1.82) is 0 Å². The molecule has 1 aliphatic heterocycles. The van der Waals surface area contributed by atoms with E-state index < -0.39 is 0 Å². The Morgan fingerprint density at radius 2 is 2.26 bits per heavy atom. The van der Waals surface area contributed by atoms with E-state index >= 15 is 0 Å². The number of rotatable bonds is 2. The van der Waals surface area contributed by atoms with E-state index in [2.05, 4.69) is 16.3 Å². The first-order valence-electron chi connectivity index (χ1n) is 8.09. The number of benzene rings is 1. The van der Waals surface area contributed by atoms with Crippen LogP contribution in [0.1, 0.15) is 39.8 Å². The number of ether oxygens (including phenoxy) is 1. The molecule has 1 amide bonds. The number of carbonyl (C=O) groups is 1. The average Bonchev–Trinajstić information content (AvgIpc) is 3.22. The Bertz CT molecular complexity index is 740. The summed E-state index contributed by atoms with van der Waals surface area (Å²) in [6, 6.07) is 6.10. The van der Waals surface area contributed by atoms with Gasteiger partial charge in [-0.25, -0.2) is 0 Å². The number of nitrogens with zero attached hydrogens (tertiary/aromatic N) is 4. The fourth-order valence-corrected chi connectivity index (χ4v) is 3.56. The summed E-state index contributed by atoms with van der Waals surface area (Å²) >= 11 is 0. The largest absolute Gasteiger partial charge is 0.366 e. The minimum atomic E-state index is -0.211. The first kappa shape index (κ1) is 14.4. The van der Waals surface area contributed by atoms with E-state index in [1.54, 1.807) is 6.33 Å². The molecule has 0 radical (unpaired) electrons. The predicted molar refractivity (Wildman–Crippen MR) is 84.1 cm³/mol. The molecule has 2 aliphatic rings. The second kappa shape index (κ2) is 5.77. The number of amides is 1. The number of hydrogen-bond donors (Lipinski definition) is 0. The Morgan fingerprint density at radius 3 is 3.09 bits per heavy atom. The summed E-state index contributed by atoms with van der Waals surface area (Å²) in [6.07, 6.45) is 4.68. The normalized spacial score (nSPS) is 20.6. The SMILES string of the molecule is Cn1cnnc1[C@@H]1CN(C(=O)c2cccc3c2CCC3)CCO1. The van der Waals surface area contributed by atoms with Gasteiger partial charge in [0.25, 0.3) is 5.91 Å². The molecule has 4 rings (SSSR count). The van der Waals surface area contributed by atoms with E-state index in [1.165, 1.54) is 11.1 Å². The van der Waals surface area contributed by atoms with Gasteiger partial charge in [-0.3, -0.25) is 4.79 Å². The van der Waals surface area contributed by atoms with Crippen molar-refractivity contribution < 1.29 is 9.53 Å². The van der Waals surface area contributed by atoms with Crippen molar-refractivity contribution in [3.63, 3.8) is 0 Å². The Kier molecular flexibility index (Phi) is 3.61. The molecule has 120 valence electrons. The van der Waals surface area contributed by atoms with Gasteiger partial charge in [0, 0.05) is 19.2 Å². The Morgan fingerprint density at radius 1 is 1.35 bits per heavy atom. The molecule has 1 fully saturated rings. The Balaban J connectivity index is 1.57. The molecule has 0 spiro atoms. The van der Waals surface area contributed by atoms with Crippen molar-refractivity contribution in [2.24, 2.45) is 7.05 Å². The number of hydrogen-bond acceptors (Lipinski definition) is 4. The molecule has 1 saturated heterocycles. The Hall–Kier alpha value is -2.21. The van der Waals surface area contributed by atoms with Gasteiger partial charge in [-0.05, 0) is 36.5 Å². The van der Waals surface area contributed by atoms with E-state index in [0.717, 1.165) is 30.7 Å². The maximum atomic E-state index is 13.0. The summed E-state index contributed by atoms with van der Waals surface area (Å²) < 4.78 is 7.64. The van der Waals surface area contributed by atoms with Crippen LogP contribution in [0, 0.1) is 0 Å². The van der Waals surface area contributed by atoms with Gasteiger partial charge in [-0.2, -0.15) is 0 Å². The summed E-state index contributed by atoms with van der Waals surface area (Å²) in [5.74, 6) is 0.875. The highest BCUT2D eigenvalue weighted by Crippen LogP contribution is 2.28. The summed E-state index contributed by atoms with van der Waals surface area (Å²) in [7, 11) is 1.89. The van der Waals surface area contributed by atoms with Gasteiger partial charge in [0.15, 0.2) is 5.82 Å². The first-order chi connectivity index (χ1) is 11.2. The van der Waals surface area contributed by atoms with Gasteiger partial charge in [0.1, 0.15) is 12.4 Å². The molecule has 0 bridgehead atoms. The average molecular weight is 312 g/mol. The molecule has 23 heavy (non-hydrogen) atoms. The highest BCUT2D eigenvalue weighted by molar-refractivity contribution is 5.96. The molecule has 2 heterocycles. The third-order valence-electron chi connectivity index (χ3n) is 4.76. The second-order valence-corrected chi connectivity index (χ2v) is 6.21. The van der Waals surface area contributed by atoms with Gasteiger partial charge in [-0.1, -0.05) is 12.1 Å². The van der Waals surface area contributed by atoms with Crippen molar-refractivity contribution in [3.05, 3.63) is 47.0 Å². The summed E-state index contributed by atoms with van der Waals surface area (Å²) in [5.41, 5.74) is 3.42. The third-order valence-corrected chi connectivity index (χ3v) is 4.76. The molecule has 1 aromatic carbocycles. The molecular formula is C17H20N4O2. The monoisotopic (exact) mass is 312 g/mol. The van der Waals surface area contributed by atoms with Crippen LogP contribution in [-0.4, -0.2) is 45.3 Å². The van der Waals surface area contributed by atoms with Crippen LogP contribution in [0.25, 0.3) is 0 Å². The highest BCUT2D eigenvalue weighted by atomic mass is 16.5. The van der Waals surface area contributed by atoms with Crippen molar-refractivity contribution in [2.75, 3.05) is 19.7 Å². The fourth-order valence-electron chi connectivity index (χ4n) is 3.56. The van der Waals surface area contributed by atoms with Gasteiger partial charge < -0.3 is 14.2 Å². The van der Waals surface area contributed by atoms with Gasteiger partial charge in [0.05, 0.1) is 13.2 Å². The van der Waals surface area contributed by atoms with Crippen molar-refractivity contribution in [1.82, 2.24) is 19.7 Å². The lowest BCUT2D eigenvalue weighted by molar-refractivity contribution is -0.0281. The predicted octanol–water partition coefficient (Wildman–Crippen LogP) is 1.52. The second-order valence-electron chi connectivity index (χ2n) is 6.21. The number of morpholine rings is 1. The van der Waals surface area contributed by atoms with Crippen LogP contribution in [0.4, 0.5) is 0 Å². The topological polar surface area (TPSA) is 60.2 Å². The molecule has 0 N–H and O–H groups in total. The van der Waals surface area contributed by atoms with Crippen LogP contribution in [-0.2, 0) is 24.6 Å². The molecule has 1 aliphatic carbocycles. The number of aryl methyl sites for hydroxylation is 2. The molecular weight excluding hydrogens is 292 g/mol. The smallest absolute Gasteiger partial charge is 0.254 e. The maximum absolute atomic E-state index is 13.0. The van der Waals surface area contributed by atoms with Crippen molar-refractivity contribution in [2.45, 2.75) is 25.4 Å². The maximum Gasteiger partial charge on any atom is 0.254 e. The number of carbonyl (C=O) groups excluding carboxylic acids is 1. The highest BCUT2D eigenvalue weighted by Gasteiger charge is 2.30. The molecule has 0 saturated carbocycles. The zero-order chi connectivity index (χ0) is 15.8. The Labute approximate surface area is 135 Å². The van der Waals surface area contributed by atoms with Gasteiger partial charge in [0.2, 0.25) is 0 Å². The fraction of sp³-hybridized carbons (Fsp3) is 0.471. The van der Waals surface area contributed by atoms with Crippen LogP contribution in [0.15, 0.2) is 24.5 Å². The van der Waals surface area contributed by atoms with E-state index in [1.807, 2.05) is 28.6 Å². The quantitative estimate of drug-likeness (QED) is 0.843. The molecule has 6 heteroatoms. The van der Waals surface area contributed by atoms with Crippen LogP contribution < -0.4 is 0 Å². The van der Waals surface area contributed by atoms with Crippen LogP contribution in [0.5, 0.6) is 0 Å². The lowest BCUT2D eigenvalue weighted by Crippen LogP contribution is -2.43. The standard InChI is InChI=1S/C17H20N4O2/c1-20-11-18-19-16(20)15-10-21(8-9-23-15)17(22)14-7-3-5-12-4-2-6-13(12)14/h3,5,7,11,15H,2,4,6,8-10H2,1H3/t15-/m0/s1. The van der Waals surface area contributed by atoms with E-state index in [4.69, 9.17) is 4.74 Å². The minimum Gasteiger partial charge on any atom is -0.366 e. The van der Waals surface area contributed by atoms with Gasteiger partial charge in [-0.15, -0.1) is 10.2 Å².